The van der Waals surface area contributed by atoms with Gasteiger partial charge in [-0.15, -0.1) is 0 Å². The molecule has 0 saturated carbocycles. The average molecular weight is 278 g/mol. The molecule has 2 heterocycles. The summed E-state index contributed by atoms with van der Waals surface area (Å²) in [6, 6.07) is 2.06. The fourth-order valence-electron chi connectivity index (χ4n) is 2.58. The highest BCUT2D eigenvalue weighted by atomic mass is 32.2. The van der Waals surface area contributed by atoms with Crippen LogP contribution in [0.1, 0.15) is 30.3 Å². The molecule has 1 fully saturated rings. The number of amidine groups is 1. The van der Waals surface area contributed by atoms with E-state index in [-0.39, 0.29) is 5.84 Å². The van der Waals surface area contributed by atoms with Crippen LogP contribution in [0, 0.1) is 19.3 Å². The number of hydrogen-bond acceptors (Lipinski definition) is 4. The molecule has 0 bridgehead atoms. The van der Waals surface area contributed by atoms with Crippen LogP contribution in [-0.4, -0.2) is 34.9 Å². The zero-order chi connectivity index (χ0) is 14.0. The second-order valence-corrected chi connectivity index (χ2v) is 6.41. The number of nitrogens with two attached hydrogens (primary N) is 1. The number of aryl methyl sites for hydroxylation is 2. The molecule has 0 spiro atoms. The number of anilines is 1. The molecule has 3 N–H and O–H groups in total. The number of nitrogen functional groups attached to an aromatic ring is 1. The van der Waals surface area contributed by atoms with Crippen molar-refractivity contribution in [3.8, 4) is 0 Å². The molecule has 0 aliphatic carbocycles. The van der Waals surface area contributed by atoms with Crippen LogP contribution in [0.5, 0.6) is 0 Å². The Bertz CT molecular complexity index is 487. The van der Waals surface area contributed by atoms with Gasteiger partial charge in [-0.2, -0.15) is 11.8 Å². The fraction of sp³-hybridized carbons (Fsp3) is 0.571. The Morgan fingerprint density at radius 1 is 1.58 bits per heavy atom. The van der Waals surface area contributed by atoms with Crippen LogP contribution in [-0.2, 0) is 0 Å². The number of nitrogens with one attached hydrogen (secondary N) is 1. The molecule has 2 rings (SSSR count). The molecule has 1 aliphatic rings. The van der Waals surface area contributed by atoms with Gasteiger partial charge in [0.2, 0.25) is 0 Å². The van der Waals surface area contributed by atoms with Gasteiger partial charge in [-0.1, -0.05) is 6.92 Å². The Labute approximate surface area is 119 Å². The number of rotatable bonds is 3. The van der Waals surface area contributed by atoms with E-state index in [2.05, 4.69) is 22.9 Å². The van der Waals surface area contributed by atoms with Gasteiger partial charge in [0.05, 0.1) is 16.9 Å². The van der Waals surface area contributed by atoms with Crippen molar-refractivity contribution in [2.45, 2.75) is 32.4 Å². The SMILES string of the molecule is CCC1CN(c2cc(C)nc(C)c2C(=N)N)CCS1. The van der Waals surface area contributed by atoms with Gasteiger partial charge in [0.15, 0.2) is 0 Å². The lowest BCUT2D eigenvalue weighted by atomic mass is 10.1. The average Bonchev–Trinajstić information content (AvgIpc) is 2.37. The molecule has 4 nitrogen and oxygen atoms in total. The first-order valence-electron chi connectivity index (χ1n) is 6.72. The van der Waals surface area contributed by atoms with Gasteiger partial charge < -0.3 is 10.6 Å². The minimum absolute atomic E-state index is 0.117. The first-order valence-corrected chi connectivity index (χ1v) is 7.77. The highest BCUT2D eigenvalue weighted by Gasteiger charge is 2.23. The van der Waals surface area contributed by atoms with Gasteiger partial charge in [0.25, 0.3) is 0 Å². The van der Waals surface area contributed by atoms with Crippen molar-refractivity contribution in [2.75, 3.05) is 23.7 Å². The molecule has 1 aliphatic heterocycles. The van der Waals surface area contributed by atoms with Crippen LogP contribution >= 0.6 is 11.8 Å². The summed E-state index contributed by atoms with van der Waals surface area (Å²) in [4.78, 5) is 6.80. The molecule has 5 heteroatoms. The van der Waals surface area contributed by atoms with Crippen molar-refractivity contribution >= 4 is 23.3 Å². The lowest BCUT2D eigenvalue weighted by molar-refractivity contribution is 0.726. The fourth-order valence-corrected chi connectivity index (χ4v) is 3.76. The maximum absolute atomic E-state index is 7.81. The van der Waals surface area contributed by atoms with Crippen molar-refractivity contribution in [3.63, 3.8) is 0 Å². The van der Waals surface area contributed by atoms with Gasteiger partial charge >= 0.3 is 0 Å². The summed E-state index contributed by atoms with van der Waals surface area (Å²) in [5.74, 6) is 1.25. The van der Waals surface area contributed by atoms with E-state index in [1.807, 2.05) is 25.6 Å². The molecule has 0 aromatic carbocycles. The first-order chi connectivity index (χ1) is 9.02. The Balaban J connectivity index is 2.40. The van der Waals surface area contributed by atoms with Crippen molar-refractivity contribution in [3.05, 3.63) is 23.0 Å². The number of nitrogens with zero attached hydrogens (tertiary/aromatic N) is 2. The van der Waals surface area contributed by atoms with E-state index in [9.17, 15) is 0 Å². The molecule has 0 amide bonds. The summed E-state index contributed by atoms with van der Waals surface area (Å²) in [7, 11) is 0. The summed E-state index contributed by atoms with van der Waals surface area (Å²) >= 11 is 2.04. The van der Waals surface area contributed by atoms with Gasteiger partial charge in [-0.05, 0) is 26.3 Å². The number of hydrogen-bond donors (Lipinski definition) is 2. The lowest BCUT2D eigenvalue weighted by Gasteiger charge is -2.35. The molecule has 1 atom stereocenters. The predicted octanol–water partition coefficient (Wildman–Crippen LogP) is 2.31. The van der Waals surface area contributed by atoms with Crippen LogP contribution in [0.2, 0.25) is 0 Å². The number of pyridine rings is 1. The minimum atomic E-state index is 0.117. The molecule has 1 aromatic rings. The van der Waals surface area contributed by atoms with Crippen LogP contribution in [0.25, 0.3) is 0 Å². The van der Waals surface area contributed by atoms with Crippen molar-refractivity contribution < 1.29 is 0 Å². The summed E-state index contributed by atoms with van der Waals surface area (Å²) in [6.45, 7) is 8.21. The predicted molar refractivity (Wildman–Crippen MR) is 83.5 cm³/mol. The molecule has 1 unspecified atom stereocenters. The van der Waals surface area contributed by atoms with Crippen LogP contribution in [0.15, 0.2) is 6.07 Å². The van der Waals surface area contributed by atoms with Crippen molar-refractivity contribution in [2.24, 2.45) is 5.73 Å². The quantitative estimate of drug-likeness (QED) is 0.658. The summed E-state index contributed by atoms with van der Waals surface area (Å²) in [5.41, 5.74) is 9.47. The van der Waals surface area contributed by atoms with E-state index in [1.165, 1.54) is 6.42 Å². The smallest absolute Gasteiger partial charge is 0.126 e. The lowest BCUT2D eigenvalue weighted by Crippen LogP contribution is -2.39. The Morgan fingerprint density at radius 2 is 2.32 bits per heavy atom. The van der Waals surface area contributed by atoms with E-state index in [4.69, 9.17) is 11.1 Å². The molecular weight excluding hydrogens is 256 g/mol. The maximum atomic E-state index is 7.81. The number of thioether (sulfide) groups is 1. The van der Waals surface area contributed by atoms with E-state index < -0.39 is 0 Å². The highest BCUT2D eigenvalue weighted by Crippen LogP contribution is 2.29. The van der Waals surface area contributed by atoms with Gasteiger partial charge in [0.1, 0.15) is 5.84 Å². The summed E-state index contributed by atoms with van der Waals surface area (Å²) < 4.78 is 0. The molecule has 1 saturated heterocycles. The molecule has 104 valence electrons. The summed E-state index contributed by atoms with van der Waals surface area (Å²) in [5, 5.41) is 8.48. The zero-order valence-corrected chi connectivity index (χ0v) is 12.7. The normalized spacial score (nSPS) is 19.5. The Kier molecular flexibility index (Phi) is 4.34. The second-order valence-electron chi connectivity index (χ2n) is 5.00. The van der Waals surface area contributed by atoms with Gasteiger partial charge in [-0.25, -0.2) is 0 Å². The second kappa shape index (κ2) is 5.82. The standard InChI is InChI=1S/C14H22N4S/c1-4-11-8-18(5-6-19-11)12-7-9(2)17-10(3)13(12)14(15)16/h7,11H,4-6,8H2,1-3H3,(H3,15,16). The van der Waals surface area contributed by atoms with Crippen LogP contribution < -0.4 is 10.6 Å². The van der Waals surface area contributed by atoms with E-state index in [1.54, 1.807) is 0 Å². The highest BCUT2D eigenvalue weighted by molar-refractivity contribution is 8.00. The third-order valence-electron chi connectivity index (χ3n) is 3.51. The van der Waals surface area contributed by atoms with Gasteiger partial charge in [-0.3, -0.25) is 10.4 Å². The van der Waals surface area contributed by atoms with Gasteiger partial charge in [0, 0.05) is 29.8 Å². The summed E-state index contributed by atoms with van der Waals surface area (Å²) in [6.07, 6.45) is 1.18. The topological polar surface area (TPSA) is 66.0 Å². The largest absolute Gasteiger partial charge is 0.384 e. The van der Waals surface area contributed by atoms with Crippen LogP contribution in [0.4, 0.5) is 5.69 Å². The first kappa shape index (κ1) is 14.2. The third kappa shape index (κ3) is 3.03. The zero-order valence-electron chi connectivity index (χ0n) is 11.9. The van der Waals surface area contributed by atoms with Crippen molar-refractivity contribution in [1.29, 1.82) is 5.41 Å². The number of aromatic nitrogens is 1. The molecular formula is C14H22N4S. The molecule has 1 aromatic heterocycles. The molecule has 0 radical (unpaired) electrons. The Morgan fingerprint density at radius 3 is 2.95 bits per heavy atom. The third-order valence-corrected chi connectivity index (χ3v) is 4.88. The monoisotopic (exact) mass is 278 g/mol. The molecule has 19 heavy (non-hydrogen) atoms. The Hall–Kier alpha value is -1.23. The van der Waals surface area contributed by atoms with E-state index >= 15 is 0 Å². The van der Waals surface area contributed by atoms with Crippen LogP contribution in [0.3, 0.4) is 0 Å². The maximum Gasteiger partial charge on any atom is 0.126 e. The van der Waals surface area contributed by atoms with Crippen molar-refractivity contribution in [1.82, 2.24) is 4.98 Å². The van der Waals surface area contributed by atoms with E-state index in [0.29, 0.717) is 5.25 Å². The van der Waals surface area contributed by atoms with E-state index in [0.717, 1.165) is 41.5 Å². The minimum Gasteiger partial charge on any atom is -0.384 e.